The lowest BCUT2D eigenvalue weighted by atomic mass is 10.2. The predicted octanol–water partition coefficient (Wildman–Crippen LogP) is 0.217. The van der Waals surface area contributed by atoms with Crippen LogP contribution in [0, 0.1) is 0 Å². The van der Waals surface area contributed by atoms with Crippen molar-refractivity contribution in [3.05, 3.63) is 35.9 Å². The summed E-state index contributed by atoms with van der Waals surface area (Å²) in [5.74, 6) is 0.129. The van der Waals surface area contributed by atoms with Crippen LogP contribution in [-0.4, -0.2) is 48.9 Å². The van der Waals surface area contributed by atoms with E-state index in [1.807, 2.05) is 56.1 Å². The number of likely N-dealkylation sites (N-methyl/N-ethyl adjacent to an activating group) is 2. The van der Waals surface area contributed by atoms with Crippen molar-refractivity contribution in [2.24, 2.45) is 0 Å². The number of carbonyl (C=O) groups is 2. The second kappa shape index (κ2) is 8.11. The third-order valence-electron chi connectivity index (χ3n) is 4.40. The molecule has 0 bridgehead atoms. The Hall–Kier alpha value is -1.88. The van der Waals surface area contributed by atoms with Gasteiger partial charge in [-0.3, -0.25) is 9.59 Å². The van der Waals surface area contributed by atoms with Crippen LogP contribution in [-0.2, 0) is 16.1 Å². The molecule has 126 valence electrons. The molecule has 1 aromatic rings. The van der Waals surface area contributed by atoms with Gasteiger partial charge in [0.1, 0.15) is 0 Å². The van der Waals surface area contributed by atoms with Crippen LogP contribution in [0.4, 0.5) is 0 Å². The van der Waals surface area contributed by atoms with E-state index >= 15 is 0 Å². The molecule has 1 fully saturated rings. The zero-order chi connectivity index (χ0) is 16.8. The molecule has 2 atom stereocenters. The molecular formula is C18H28N3O2+. The zero-order valence-corrected chi connectivity index (χ0v) is 14.3. The number of benzene rings is 1. The molecule has 1 unspecified atom stereocenters. The monoisotopic (exact) mass is 318 g/mol. The van der Waals surface area contributed by atoms with Crippen LogP contribution in [0.15, 0.2) is 30.3 Å². The lowest BCUT2D eigenvalue weighted by Gasteiger charge is -2.27. The topological polar surface area (TPSA) is 53.9 Å². The SMILES string of the molecule is CCN(Cc1ccccc1)C(=O)[C@H](C)[NH+](C)CC(=O)NC1CC1. The molecule has 2 amide bonds. The van der Waals surface area contributed by atoms with Gasteiger partial charge in [-0.25, -0.2) is 0 Å². The maximum absolute atomic E-state index is 12.7. The molecule has 1 aliphatic rings. The predicted molar refractivity (Wildman–Crippen MR) is 89.9 cm³/mol. The summed E-state index contributed by atoms with van der Waals surface area (Å²) in [5, 5.41) is 2.98. The summed E-state index contributed by atoms with van der Waals surface area (Å²) in [6.07, 6.45) is 2.17. The first-order valence-electron chi connectivity index (χ1n) is 8.45. The van der Waals surface area contributed by atoms with E-state index in [-0.39, 0.29) is 17.9 Å². The van der Waals surface area contributed by atoms with E-state index in [4.69, 9.17) is 0 Å². The molecule has 0 aliphatic heterocycles. The fourth-order valence-corrected chi connectivity index (χ4v) is 2.55. The normalized spacial score (nSPS) is 16.5. The highest BCUT2D eigenvalue weighted by Gasteiger charge is 2.29. The molecule has 0 spiro atoms. The maximum Gasteiger partial charge on any atom is 0.280 e. The van der Waals surface area contributed by atoms with Crippen LogP contribution >= 0.6 is 0 Å². The Kier molecular flexibility index (Phi) is 6.16. The van der Waals surface area contributed by atoms with Gasteiger partial charge in [0.25, 0.3) is 11.8 Å². The third-order valence-corrected chi connectivity index (χ3v) is 4.40. The molecule has 23 heavy (non-hydrogen) atoms. The summed E-state index contributed by atoms with van der Waals surface area (Å²) >= 11 is 0. The standard InChI is InChI=1S/C18H27N3O2/c1-4-21(12-15-8-6-5-7-9-15)18(23)14(2)20(3)13-17(22)19-16-10-11-16/h5-9,14,16H,4,10-13H2,1-3H3,(H,19,22)/p+1/t14-/m0/s1. The van der Waals surface area contributed by atoms with Crippen molar-refractivity contribution in [2.75, 3.05) is 20.1 Å². The second-order valence-corrected chi connectivity index (χ2v) is 6.42. The van der Waals surface area contributed by atoms with Gasteiger partial charge in [0.05, 0.1) is 7.05 Å². The Balaban J connectivity index is 1.88. The first kappa shape index (κ1) is 17.5. The molecule has 0 aromatic heterocycles. The highest BCUT2D eigenvalue weighted by molar-refractivity contribution is 5.81. The van der Waals surface area contributed by atoms with Gasteiger partial charge in [0, 0.05) is 19.1 Å². The van der Waals surface area contributed by atoms with Crippen LogP contribution in [0.25, 0.3) is 0 Å². The summed E-state index contributed by atoms with van der Waals surface area (Å²) in [4.78, 5) is 27.4. The lowest BCUT2D eigenvalue weighted by Crippen LogP contribution is -3.15. The summed E-state index contributed by atoms with van der Waals surface area (Å²) in [6.45, 7) is 5.51. The molecule has 1 saturated carbocycles. The molecule has 5 heteroatoms. The Morgan fingerprint density at radius 1 is 1.30 bits per heavy atom. The number of carbonyl (C=O) groups excluding carboxylic acids is 2. The van der Waals surface area contributed by atoms with Gasteiger partial charge >= 0.3 is 0 Å². The fraction of sp³-hybridized carbons (Fsp3) is 0.556. The fourth-order valence-electron chi connectivity index (χ4n) is 2.55. The van der Waals surface area contributed by atoms with Crippen molar-refractivity contribution in [1.82, 2.24) is 10.2 Å². The van der Waals surface area contributed by atoms with Crippen LogP contribution in [0.2, 0.25) is 0 Å². The number of quaternary nitrogens is 1. The van der Waals surface area contributed by atoms with Crippen molar-refractivity contribution in [3.8, 4) is 0 Å². The van der Waals surface area contributed by atoms with Crippen molar-refractivity contribution in [2.45, 2.75) is 45.3 Å². The van der Waals surface area contributed by atoms with Gasteiger partial charge in [-0.15, -0.1) is 0 Å². The lowest BCUT2D eigenvalue weighted by molar-refractivity contribution is -0.886. The van der Waals surface area contributed by atoms with Crippen LogP contribution < -0.4 is 10.2 Å². The number of nitrogens with one attached hydrogen (secondary N) is 2. The largest absolute Gasteiger partial charge is 0.348 e. The van der Waals surface area contributed by atoms with Crippen molar-refractivity contribution in [1.29, 1.82) is 0 Å². The summed E-state index contributed by atoms with van der Waals surface area (Å²) in [6, 6.07) is 10.1. The summed E-state index contributed by atoms with van der Waals surface area (Å²) in [5.41, 5.74) is 1.12. The average Bonchev–Trinajstić information content (AvgIpc) is 3.35. The van der Waals surface area contributed by atoms with Gasteiger partial charge in [0.15, 0.2) is 12.6 Å². The highest BCUT2D eigenvalue weighted by atomic mass is 16.2. The van der Waals surface area contributed by atoms with Gasteiger partial charge in [0.2, 0.25) is 0 Å². The second-order valence-electron chi connectivity index (χ2n) is 6.42. The smallest absolute Gasteiger partial charge is 0.280 e. The van der Waals surface area contributed by atoms with E-state index in [0.717, 1.165) is 23.3 Å². The number of amides is 2. The van der Waals surface area contributed by atoms with Gasteiger partial charge < -0.3 is 15.1 Å². The first-order chi connectivity index (χ1) is 11.0. The summed E-state index contributed by atoms with van der Waals surface area (Å²) < 4.78 is 0. The van der Waals surface area contributed by atoms with E-state index in [0.29, 0.717) is 25.7 Å². The molecule has 0 heterocycles. The van der Waals surface area contributed by atoms with E-state index in [9.17, 15) is 9.59 Å². The van der Waals surface area contributed by atoms with E-state index in [1.165, 1.54) is 0 Å². The van der Waals surface area contributed by atoms with Crippen LogP contribution in [0.5, 0.6) is 0 Å². The van der Waals surface area contributed by atoms with Crippen molar-refractivity contribution in [3.63, 3.8) is 0 Å². The van der Waals surface area contributed by atoms with Crippen LogP contribution in [0.1, 0.15) is 32.3 Å². The molecule has 5 nitrogen and oxygen atoms in total. The Morgan fingerprint density at radius 3 is 2.52 bits per heavy atom. The number of hydrogen-bond donors (Lipinski definition) is 2. The Bertz CT molecular complexity index is 528. The molecule has 0 saturated heterocycles. The minimum atomic E-state index is -0.233. The molecular weight excluding hydrogens is 290 g/mol. The third kappa shape index (κ3) is 5.36. The Morgan fingerprint density at radius 2 is 1.96 bits per heavy atom. The highest BCUT2D eigenvalue weighted by Crippen LogP contribution is 2.18. The van der Waals surface area contributed by atoms with Gasteiger partial charge in [-0.1, -0.05) is 30.3 Å². The molecule has 2 rings (SSSR count). The number of hydrogen-bond acceptors (Lipinski definition) is 2. The molecule has 0 radical (unpaired) electrons. The molecule has 1 aliphatic carbocycles. The van der Waals surface area contributed by atoms with Gasteiger partial charge in [-0.2, -0.15) is 0 Å². The minimum Gasteiger partial charge on any atom is -0.348 e. The maximum atomic E-state index is 12.7. The average molecular weight is 318 g/mol. The van der Waals surface area contributed by atoms with Crippen molar-refractivity contribution >= 4 is 11.8 Å². The first-order valence-corrected chi connectivity index (χ1v) is 8.45. The number of rotatable bonds is 8. The zero-order valence-electron chi connectivity index (χ0n) is 14.3. The van der Waals surface area contributed by atoms with E-state index in [1.54, 1.807) is 0 Å². The van der Waals surface area contributed by atoms with Crippen molar-refractivity contribution < 1.29 is 14.5 Å². The van der Waals surface area contributed by atoms with Gasteiger partial charge in [-0.05, 0) is 32.3 Å². The van der Waals surface area contributed by atoms with E-state index in [2.05, 4.69) is 5.32 Å². The molecule has 1 aromatic carbocycles. The Labute approximate surface area is 138 Å². The van der Waals surface area contributed by atoms with E-state index < -0.39 is 0 Å². The minimum absolute atomic E-state index is 0.0377. The summed E-state index contributed by atoms with van der Waals surface area (Å²) in [7, 11) is 1.91. The van der Waals surface area contributed by atoms with Crippen LogP contribution in [0.3, 0.4) is 0 Å². The molecule has 2 N–H and O–H groups in total. The number of nitrogens with zero attached hydrogens (tertiary/aromatic N) is 1. The quantitative estimate of drug-likeness (QED) is 0.720.